The molecule has 9 nitrogen and oxygen atoms in total. The Balaban J connectivity index is 1.48. The molecule has 2 amide bonds. The molecule has 0 bridgehead atoms. The smallest absolute Gasteiger partial charge is 0.267 e. The molecule has 0 aliphatic heterocycles. The molecule has 208 valence electrons. The highest BCUT2D eigenvalue weighted by Crippen LogP contribution is 2.31. The number of methoxy groups -OCH3 is 1. The van der Waals surface area contributed by atoms with Crippen LogP contribution in [0.3, 0.4) is 0 Å². The number of ether oxygens (including phenoxy) is 2. The summed E-state index contributed by atoms with van der Waals surface area (Å²) in [5.41, 5.74) is 8.99. The van der Waals surface area contributed by atoms with Gasteiger partial charge in [-0.3, -0.25) is 9.59 Å². The highest BCUT2D eigenvalue weighted by Gasteiger charge is 2.21. The monoisotopic (exact) mass is 569 g/mol. The number of para-hydroxylation sites is 1. The molecule has 3 N–H and O–H groups in total. The molecule has 0 unspecified atom stereocenters. The van der Waals surface area contributed by atoms with E-state index in [4.69, 9.17) is 26.8 Å². The van der Waals surface area contributed by atoms with Gasteiger partial charge in [-0.2, -0.15) is 5.26 Å². The molecule has 41 heavy (non-hydrogen) atoms. The minimum atomic E-state index is -0.612. The molecule has 4 aromatic rings. The van der Waals surface area contributed by atoms with E-state index in [1.54, 1.807) is 49.6 Å². The number of nitrogens with zero attached hydrogens (tertiary/aromatic N) is 3. The number of nitrogens with two attached hydrogens (primary N) is 1. The van der Waals surface area contributed by atoms with Gasteiger partial charge in [0.05, 0.1) is 30.6 Å². The highest BCUT2D eigenvalue weighted by molar-refractivity contribution is 6.31. The number of halogens is 1. The van der Waals surface area contributed by atoms with Crippen LogP contribution >= 0.6 is 11.6 Å². The van der Waals surface area contributed by atoms with Crippen molar-refractivity contribution in [2.24, 2.45) is 5.73 Å². The number of benzene rings is 3. The van der Waals surface area contributed by atoms with E-state index in [1.165, 1.54) is 18.0 Å². The Hall–Kier alpha value is -5.07. The summed E-state index contributed by atoms with van der Waals surface area (Å²) in [6.07, 6.45) is 1.48. The number of pyridine rings is 1. The fourth-order valence-electron chi connectivity index (χ4n) is 4.13. The van der Waals surface area contributed by atoms with Gasteiger partial charge in [0, 0.05) is 28.7 Å². The molecular weight excluding hydrogens is 542 g/mol. The van der Waals surface area contributed by atoms with Crippen LogP contribution in [-0.4, -0.2) is 37.5 Å². The Kier molecular flexibility index (Phi) is 9.07. The van der Waals surface area contributed by atoms with Gasteiger partial charge in [0.15, 0.2) is 0 Å². The summed E-state index contributed by atoms with van der Waals surface area (Å²) in [5, 5.41) is 13.8. The molecule has 0 fully saturated rings. The summed E-state index contributed by atoms with van der Waals surface area (Å²) < 4.78 is 11.2. The summed E-state index contributed by atoms with van der Waals surface area (Å²) in [4.78, 5) is 31.4. The number of rotatable bonds is 9. The van der Waals surface area contributed by atoms with Crippen LogP contribution in [0.25, 0.3) is 17.0 Å². The summed E-state index contributed by atoms with van der Waals surface area (Å²) in [7, 11) is 3.05. The molecule has 1 heterocycles. The van der Waals surface area contributed by atoms with Gasteiger partial charge in [0.25, 0.3) is 5.91 Å². The lowest BCUT2D eigenvalue weighted by Crippen LogP contribution is -2.40. The number of aromatic nitrogens is 1. The number of hydrogen-bond acceptors (Lipinski definition) is 7. The molecule has 10 heteroatoms. The summed E-state index contributed by atoms with van der Waals surface area (Å²) in [6.45, 7) is 1.53. The van der Waals surface area contributed by atoms with Gasteiger partial charge in [-0.15, -0.1) is 0 Å². The second-order valence-electron chi connectivity index (χ2n) is 9.11. The third-order valence-corrected chi connectivity index (χ3v) is 6.71. The number of nitriles is 1. The fourth-order valence-corrected chi connectivity index (χ4v) is 4.34. The number of anilines is 1. The Morgan fingerprint density at radius 3 is 2.68 bits per heavy atom. The van der Waals surface area contributed by atoms with E-state index in [-0.39, 0.29) is 24.4 Å². The Morgan fingerprint density at radius 2 is 1.93 bits per heavy atom. The van der Waals surface area contributed by atoms with Crippen molar-refractivity contribution in [3.8, 4) is 17.6 Å². The van der Waals surface area contributed by atoms with E-state index in [9.17, 15) is 14.9 Å². The molecule has 0 spiro atoms. The predicted molar refractivity (Wildman–Crippen MR) is 159 cm³/mol. The Bertz CT molecular complexity index is 1700. The second kappa shape index (κ2) is 12.9. The van der Waals surface area contributed by atoms with Crippen molar-refractivity contribution in [3.63, 3.8) is 0 Å². The Morgan fingerprint density at radius 1 is 1.15 bits per heavy atom. The maximum atomic E-state index is 13.0. The first-order chi connectivity index (χ1) is 19.7. The molecule has 0 radical (unpaired) electrons. The summed E-state index contributed by atoms with van der Waals surface area (Å²) >= 11 is 6.46. The average molecular weight is 570 g/mol. The number of fused-ring (bicyclic) bond motifs is 1. The minimum Gasteiger partial charge on any atom is -0.497 e. The standard InChI is InChI=1S/C31H28ClN5O4/c1-19-10-11-21-7-5-9-28(30(21)36-19)41-18-24-23(16-33)27(13-12-25(24)32)37(2)29(38)17-35-31(39)26(34)15-20-6-4-8-22(14-20)40-3/h4-15H,17-18,34H2,1-3H3,(H,35,39)/b26-15-. The van der Waals surface area contributed by atoms with Gasteiger partial charge in [0.2, 0.25) is 5.91 Å². The van der Waals surface area contributed by atoms with Crippen LogP contribution in [0.1, 0.15) is 22.4 Å². The maximum Gasteiger partial charge on any atom is 0.267 e. The van der Waals surface area contributed by atoms with Crippen LogP contribution in [0, 0.1) is 18.3 Å². The molecule has 0 aliphatic carbocycles. The lowest BCUT2D eigenvalue weighted by atomic mass is 10.1. The number of carbonyl (C=O) groups excluding carboxylic acids is 2. The zero-order valence-electron chi connectivity index (χ0n) is 22.8. The normalized spacial score (nSPS) is 11.0. The van der Waals surface area contributed by atoms with E-state index < -0.39 is 11.8 Å². The van der Waals surface area contributed by atoms with Gasteiger partial charge in [0.1, 0.15) is 29.7 Å². The molecule has 0 saturated carbocycles. The average Bonchev–Trinajstić information content (AvgIpc) is 2.98. The van der Waals surface area contributed by atoms with E-state index >= 15 is 0 Å². The van der Waals surface area contributed by atoms with Crippen molar-refractivity contribution in [2.75, 3.05) is 25.6 Å². The predicted octanol–water partition coefficient (Wildman–Crippen LogP) is 4.73. The van der Waals surface area contributed by atoms with E-state index in [0.717, 1.165) is 11.1 Å². The van der Waals surface area contributed by atoms with Crippen molar-refractivity contribution < 1.29 is 19.1 Å². The number of hydrogen-bond donors (Lipinski definition) is 2. The number of nitrogens with one attached hydrogen (secondary N) is 1. The lowest BCUT2D eigenvalue weighted by molar-refractivity contribution is -0.122. The lowest BCUT2D eigenvalue weighted by Gasteiger charge is -2.21. The van der Waals surface area contributed by atoms with E-state index in [2.05, 4.69) is 16.4 Å². The van der Waals surface area contributed by atoms with Gasteiger partial charge >= 0.3 is 0 Å². The van der Waals surface area contributed by atoms with E-state index in [1.807, 2.05) is 31.2 Å². The quantitative estimate of drug-likeness (QED) is 0.278. The van der Waals surface area contributed by atoms with Crippen LogP contribution in [0.5, 0.6) is 11.5 Å². The van der Waals surface area contributed by atoms with Crippen molar-refractivity contribution in [3.05, 3.63) is 99.8 Å². The molecule has 3 aromatic carbocycles. The van der Waals surface area contributed by atoms with Gasteiger partial charge in [-0.1, -0.05) is 41.9 Å². The number of carbonyl (C=O) groups is 2. The third-order valence-electron chi connectivity index (χ3n) is 6.35. The first kappa shape index (κ1) is 28.9. The van der Waals surface area contributed by atoms with Crippen LogP contribution in [0.4, 0.5) is 5.69 Å². The minimum absolute atomic E-state index is 0.0192. The second-order valence-corrected chi connectivity index (χ2v) is 9.52. The van der Waals surface area contributed by atoms with Crippen molar-refractivity contribution in [1.29, 1.82) is 5.26 Å². The zero-order valence-corrected chi connectivity index (χ0v) is 23.5. The fraction of sp³-hybridized carbons (Fsp3) is 0.161. The van der Waals surface area contributed by atoms with Crippen LogP contribution in [0.15, 0.2) is 72.4 Å². The largest absolute Gasteiger partial charge is 0.497 e. The van der Waals surface area contributed by atoms with Crippen LogP contribution < -0.4 is 25.4 Å². The highest BCUT2D eigenvalue weighted by atomic mass is 35.5. The van der Waals surface area contributed by atoms with Gasteiger partial charge in [-0.25, -0.2) is 4.98 Å². The molecule has 0 atom stereocenters. The van der Waals surface area contributed by atoms with E-state index in [0.29, 0.717) is 38.9 Å². The molecule has 0 aliphatic rings. The van der Waals surface area contributed by atoms with Crippen molar-refractivity contribution in [2.45, 2.75) is 13.5 Å². The third kappa shape index (κ3) is 6.75. The molecule has 0 saturated heterocycles. The zero-order chi connectivity index (χ0) is 29.5. The SMILES string of the molecule is COc1cccc(/C=C(\N)C(=O)NCC(=O)N(C)c2ccc(Cl)c(COc3cccc4ccc(C)nc34)c2C#N)c1. The maximum absolute atomic E-state index is 13.0. The summed E-state index contributed by atoms with van der Waals surface area (Å²) in [6, 6.07) is 21.8. The van der Waals surface area contributed by atoms with Gasteiger partial charge in [-0.05, 0) is 55.0 Å². The summed E-state index contributed by atoms with van der Waals surface area (Å²) in [5.74, 6) is 0.0862. The van der Waals surface area contributed by atoms with Crippen molar-refractivity contribution in [1.82, 2.24) is 10.3 Å². The van der Waals surface area contributed by atoms with Crippen LogP contribution in [0.2, 0.25) is 5.02 Å². The van der Waals surface area contributed by atoms with Gasteiger partial charge < -0.3 is 25.4 Å². The van der Waals surface area contributed by atoms with Crippen molar-refractivity contribution >= 4 is 46.1 Å². The molecule has 1 aromatic heterocycles. The first-order valence-electron chi connectivity index (χ1n) is 12.6. The number of aryl methyl sites for hydroxylation is 1. The molecular formula is C31H28ClN5O4. The first-order valence-corrected chi connectivity index (χ1v) is 13.0. The number of amides is 2. The van der Waals surface area contributed by atoms with Crippen LogP contribution in [-0.2, 0) is 16.2 Å². The molecule has 4 rings (SSSR count). The number of likely N-dealkylation sites (N-methyl/N-ethyl adjacent to an activating group) is 1. The Labute approximate surface area is 242 Å². The topological polar surface area (TPSA) is 131 Å².